The van der Waals surface area contributed by atoms with E-state index in [-0.39, 0.29) is 24.4 Å². The number of carbonyl (C=O) groups excluding carboxylic acids is 1. The van der Waals surface area contributed by atoms with Crippen molar-refractivity contribution in [3.63, 3.8) is 0 Å². The van der Waals surface area contributed by atoms with Gasteiger partial charge in [0.25, 0.3) is 5.91 Å². The second-order valence-corrected chi connectivity index (χ2v) is 5.21. The number of nitrogens with one attached hydrogen (secondary N) is 2. The topological polar surface area (TPSA) is 67.2 Å². The highest BCUT2D eigenvalue weighted by Gasteiger charge is 2.13. The van der Waals surface area contributed by atoms with Gasteiger partial charge in [-0.1, -0.05) is 0 Å². The first-order valence-corrected chi connectivity index (χ1v) is 6.96. The molecule has 2 rings (SSSR count). The van der Waals surface area contributed by atoms with Gasteiger partial charge in [-0.05, 0) is 33.0 Å². The predicted octanol–water partition coefficient (Wildman–Crippen LogP) is 2.47. The normalized spacial score (nSPS) is 11.8. The van der Waals surface area contributed by atoms with Crippen LogP contribution in [-0.4, -0.2) is 30.5 Å². The summed E-state index contributed by atoms with van der Waals surface area (Å²) in [5.74, 6) is 1.37. The Kier molecular flexibility index (Phi) is 6.19. The van der Waals surface area contributed by atoms with Crippen LogP contribution in [0.5, 0.6) is 0 Å². The van der Waals surface area contributed by atoms with Crippen molar-refractivity contribution in [1.82, 2.24) is 15.6 Å². The van der Waals surface area contributed by atoms with Crippen LogP contribution in [0.4, 0.5) is 0 Å². The van der Waals surface area contributed by atoms with E-state index in [1.54, 1.807) is 5.38 Å². The maximum absolute atomic E-state index is 11.9. The van der Waals surface area contributed by atoms with Gasteiger partial charge in [-0.25, -0.2) is 4.98 Å². The first-order valence-electron chi connectivity index (χ1n) is 6.08. The van der Waals surface area contributed by atoms with E-state index >= 15 is 0 Å². The van der Waals surface area contributed by atoms with Crippen LogP contribution in [0.2, 0.25) is 0 Å². The number of aryl methyl sites for hydroxylation is 1. The fourth-order valence-electron chi connectivity index (χ4n) is 1.48. The number of amides is 1. The molecule has 0 aliphatic rings. The number of hydrogen-bond donors (Lipinski definition) is 2. The summed E-state index contributed by atoms with van der Waals surface area (Å²) in [7, 11) is 1.86. The number of aromatic nitrogens is 1. The Morgan fingerprint density at radius 2 is 2.25 bits per heavy atom. The summed E-state index contributed by atoms with van der Waals surface area (Å²) in [6.07, 6.45) is 0. The van der Waals surface area contributed by atoms with E-state index in [1.807, 2.05) is 33.0 Å². The fraction of sp³-hybridized carbons (Fsp3) is 0.385. The zero-order chi connectivity index (χ0) is 13.8. The molecular weight excluding hydrogens is 298 g/mol. The van der Waals surface area contributed by atoms with Crippen molar-refractivity contribution in [1.29, 1.82) is 0 Å². The molecule has 0 saturated heterocycles. The Bertz CT molecular complexity index is 567. The lowest BCUT2D eigenvalue weighted by Gasteiger charge is -2.10. The Balaban J connectivity index is 0.00000200. The molecular formula is C13H18ClN3O2S. The summed E-state index contributed by atoms with van der Waals surface area (Å²) in [5.41, 5.74) is 0.428. The van der Waals surface area contributed by atoms with Crippen LogP contribution in [-0.2, 0) is 0 Å². The first-order chi connectivity index (χ1) is 9.10. The van der Waals surface area contributed by atoms with E-state index < -0.39 is 0 Å². The molecule has 2 aromatic rings. The number of carbonyl (C=O) groups is 1. The fourth-order valence-corrected chi connectivity index (χ4v) is 2.24. The summed E-state index contributed by atoms with van der Waals surface area (Å²) in [4.78, 5) is 16.2. The highest BCUT2D eigenvalue weighted by atomic mass is 35.5. The molecule has 0 radical (unpaired) electrons. The van der Waals surface area contributed by atoms with Crippen molar-refractivity contribution in [2.45, 2.75) is 19.9 Å². The standard InChI is InChI=1S/C13H17N3O2S.ClH/c1-8(14-3)6-15-12(17)10-7-19-13(16-10)11-5-4-9(2)18-11;/h4-5,7-8,14H,6H2,1-3H3,(H,15,17);1H. The minimum absolute atomic E-state index is 0. The van der Waals surface area contributed by atoms with Gasteiger partial charge >= 0.3 is 0 Å². The van der Waals surface area contributed by atoms with Crippen LogP contribution in [0.25, 0.3) is 10.8 Å². The van der Waals surface area contributed by atoms with Gasteiger partial charge in [0.1, 0.15) is 11.5 Å². The summed E-state index contributed by atoms with van der Waals surface area (Å²) in [6, 6.07) is 3.97. The molecule has 0 aromatic carbocycles. The molecule has 2 heterocycles. The van der Waals surface area contributed by atoms with Crippen molar-refractivity contribution in [2.75, 3.05) is 13.6 Å². The number of nitrogens with zero attached hydrogens (tertiary/aromatic N) is 1. The van der Waals surface area contributed by atoms with Crippen LogP contribution in [0.1, 0.15) is 23.2 Å². The average molecular weight is 316 g/mol. The summed E-state index contributed by atoms with van der Waals surface area (Å²) < 4.78 is 5.48. The van der Waals surface area contributed by atoms with Crippen LogP contribution < -0.4 is 10.6 Å². The second kappa shape index (κ2) is 7.42. The van der Waals surface area contributed by atoms with Gasteiger partial charge in [-0.15, -0.1) is 23.7 Å². The van der Waals surface area contributed by atoms with E-state index in [0.717, 1.165) is 10.8 Å². The lowest BCUT2D eigenvalue weighted by molar-refractivity contribution is 0.0946. The molecule has 1 amide bonds. The monoisotopic (exact) mass is 315 g/mol. The van der Waals surface area contributed by atoms with Crippen molar-refractivity contribution in [3.05, 3.63) is 29.0 Å². The third-order valence-electron chi connectivity index (χ3n) is 2.75. The highest BCUT2D eigenvalue weighted by molar-refractivity contribution is 7.13. The smallest absolute Gasteiger partial charge is 0.270 e. The Labute approximate surface area is 128 Å². The van der Waals surface area contributed by atoms with Crippen molar-refractivity contribution >= 4 is 29.7 Å². The Morgan fingerprint density at radius 1 is 1.50 bits per heavy atom. The second-order valence-electron chi connectivity index (χ2n) is 4.35. The molecule has 0 aliphatic heterocycles. The maximum atomic E-state index is 11.9. The molecule has 0 spiro atoms. The molecule has 2 aromatic heterocycles. The van der Waals surface area contributed by atoms with Crippen LogP contribution in [0.3, 0.4) is 0 Å². The van der Waals surface area contributed by atoms with E-state index in [1.165, 1.54) is 11.3 Å². The zero-order valence-electron chi connectivity index (χ0n) is 11.6. The first kappa shape index (κ1) is 16.7. The quantitative estimate of drug-likeness (QED) is 0.889. The summed E-state index contributed by atoms with van der Waals surface area (Å²) in [6.45, 7) is 4.45. The maximum Gasteiger partial charge on any atom is 0.270 e. The Morgan fingerprint density at radius 3 is 2.85 bits per heavy atom. The minimum Gasteiger partial charge on any atom is -0.459 e. The van der Waals surface area contributed by atoms with Gasteiger partial charge in [0, 0.05) is 18.0 Å². The molecule has 1 unspecified atom stereocenters. The van der Waals surface area contributed by atoms with Gasteiger partial charge in [0.2, 0.25) is 0 Å². The molecule has 0 aliphatic carbocycles. The Hall–Kier alpha value is -1.37. The van der Waals surface area contributed by atoms with E-state index in [2.05, 4.69) is 15.6 Å². The predicted molar refractivity (Wildman–Crippen MR) is 82.7 cm³/mol. The number of thiazole rings is 1. The number of halogens is 1. The van der Waals surface area contributed by atoms with E-state index in [9.17, 15) is 4.79 Å². The molecule has 20 heavy (non-hydrogen) atoms. The van der Waals surface area contributed by atoms with Gasteiger partial charge in [-0.3, -0.25) is 4.79 Å². The number of hydrogen-bond acceptors (Lipinski definition) is 5. The van der Waals surface area contributed by atoms with E-state index in [0.29, 0.717) is 18.0 Å². The summed E-state index contributed by atoms with van der Waals surface area (Å²) >= 11 is 1.40. The van der Waals surface area contributed by atoms with Gasteiger partial charge in [0.15, 0.2) is 10.8 Å². The van der Waals surface area contributed by atoms with Gasteiger partial charge in [0.05, 0.1) is 0 Å². The average Bonchev–Trinajstić information content (AvgIpc) is 3.03. The van der Waals surface area contributed by atoms with Crippen LogP contribution in [0.15, 0.2) is 21.9 Å². The van der Waals surface area contributed by atoms with Gasteiger partial charge in [-0.2, -0.15) is 0 Å². The van der Waals surface area contributed by atoms with Gasteiger partial charge < -0.3 is 15.1 Å². The van der Waals surface area contributed by atoms with E-state index in [4.69, 9.17) is 4.42 Å². The molecule has 2 N–H and O–H groups in total. The third-order valence-corrected chi connectivity index (χ3v) is 3.61. The van der Waals surface area contributed by atoms with Crippen molar-refractivity contribution in [3.8, 4) is 10.8 Å². The largest absolute Gasteiger partial charge is 0.459 e. The lowest BCUT2D eigenvalue weighted by atomic mass is 10.3. The van der Waals surface area contributed by atoms with Crippen molar-refractivity contribution in [2.24, 2.45) is 0 Å². The zero-order valence-corrected chi connectivity index (χ0v) is 13.2. The number of furan rings is 1. The highest BCUT2D eigenvalue weighted by Crippen LogP contribution is 2.25. The molecule has 0 bridgehead atoms. The van der Waals surface area contributed by atoms with Crippen LogP contribution >= 0.6 is 23.7 Å². The molecule has 1 atom stereocenters. The third kappa shape index (κ3) is 4.06. The molecule has 5 nitrogen and oxygen atoms in total. The lowest BCUT2D eigenvalue weighted by Crippen LogP contribution is -2.37. The SMILES string of the molecule is CNC(C)CNC(=O)c1csc(-c2ccc(C)o2)n1.Cl. The molecule has 0 fully saturated rings. The van der Waals surface area contributed by atoms with Crippen LogP contribution in [0, 0.1) is 6.92 Å². The number of rotatable bonds is 5. The molecule has 7 heteroatoms. The molecule has 110 valence electrons. The minimum atomic E-state index is -0.159. The van der Waals surface area contributed by atoms with Crippen molar-refractivity contribution < 1.29 is 9.21 Å². The molecule has 0 saturated carbocycles. The number of likely N-dealkylation sites (N-methyl/N-ethyl adjacent to an activating group) is 1. The summed E-state index contributed by atoms with van der Waals surface area (Å²) in [5, 5.41) is 8.35.